The van der Waals surface area contributed by atoms with Crippen molar-refractivity contribution in [2.45, 2.75) is 33.2 Å². The number of amidine groups is 1. The van der Waals surface area contributed by atoms with E-state index in [2.05, 4.69) is 26.0 Å². The lowest BCUT2D eigenvalue weighted by atomic mass is 10.0. The fraction of sp³-hybridized carbons (Fsp3) is 0.294. The van der Waals surface area contributed by atoms with Gasteiger partial charge in [-0.25, -0.2) is 0 Å². The maximum atomic E-state index is 12.4. The van der Waals surface area contributed by atoms with Gasteiger partial charge in [0.15, 0.2) is 0 Å². The zero-order valence-corrected chi connectivity index (χ0v) is 12.7. The summed E-state index contributed by atoms with van der Waals surface area (Å²) in [5, 5.41) is 7.46. The number of nitrogens with one attached hydrogen (secondary N) is 1. The molecule has 0 aliphatic carbocycles. The number of rotatable bonds is 4. The summed E-state index contributed by atoms with van der Waals surface area (Å²) in [6.07, 6.45) is 0. The standard InChI is InChI=1S/C17H21N3O/c1-4-20-15(10-9-14(16(18)19)17(20)21)13-7-5-12(6-8-13)11(2)3/h5-11H,4H2,1-3H3,(H3,18,19). The molecule has 21 heavy (non-hydrogen) atoms. The zero-order chi connectivity index (χ0) is 15.6. The third kappa shape index (κ3) is 2.89. The van der Waals surface area contributed by atoms with Gasteiger partial charge in [-0.1, -0.05) is 38.1 Å². The van der Waals surface area contributed by atoms with Crippen molar-refractivity contribution in [1.29, 1.82) is 5.41 Å². The number of hydrogen-bond donors (Lipinski definition) is 2. The summed E-state index contributed by atoms with van der Waals surface area (Å²) in [4.78, 5) is 12.4. The summed E-state index contributed by atoms with van der Waals surface area (Å²) in [5.74, 6) is 0.288. The van der Waals surface area contributed by atoms with Crippen molar-refractivity contribution in [3.05, 3.63) is 57.9 Å². The van der Waals surface area contributed by atoms with Gasteiger partial charge in [0.05, 0.1) is 11.3 Å². The maximum Gasteiger partial charge on any atom is 0.261 e. The monoisotopic (exact) mass is 283 g/mol. The van der Waals surface area contributed by atoms with Crippen molar-refractivity contribution in [2.24, 2.45) is 5.73 Å². The molecule has 0 atom stereocenters. The lowest BCUT2D eigenvalue weighted by Crippen LogP contribution is -2.30. The summed E-state index contributed by atoms with van der Waals surface area (Å²) in [6.45, 7) is 6.76. The Kier molecular flexibility index (Phi) is 4.26. The van der Waals surface area contributed by atoms with Gasteiger partial charge in [0.2, 0.25) is 0 Å². The minimum absolute atomic E-state index is 0.191. The normalized spacial score (nSPS) is 10.9. The number of nitrogens with zero attached hydrogens (tertiary/aromatic N) is 1. The molecular weight excluding hydrogens is 262 g/mol. The van der Waals surface area contributed by atoms with Gasteiger partial charge in [-0.3, -0.25) is 10.2 Å². The molecule has 1 aromatic carbocycles. The van der Waals surface area contributed by atoms with E-state index in [-0.39, 0.29) is 17.0 Å². The molecule has 0 saturated heterocycles. The molecule has 2 aromatic rings. The van der Waals surface area contributed by atoms with Crippen molar-refractivity contribution in [2.75, 3.05) is 0 Å². The molecule has 0 fully saturated rings. The van der Waals surface area contributed by atoms with Gasteiger partial charge in [-0.15, -0.1) is 0 Å². The van der Waals surface area contributed by atoms with Crippen LogP contribution in [-0.2, 0) is 6.54 Å². The Bertz CT molecular complexity index is 712. The molecule has 3 N–H and O–H groups in total. The number of hydrogen-bond acceptors (Lipinski definition) is 2. The largest absolute Gasteiger partial charge is 0.384 e. The fourth-order valence-corrected chi connectivity index (χ4v) is 2.39. The van der Waals surface area contributed by atoms with Crippen LogP contribution in [0.2, 0.25) is 0 Å². The van der Waals surface area contributed by atoms with Gasteiger partial charge < -0.3 is 10.3 Å². The highest BCUT2D eigenvalue weighted by atomic mass is 16.1. The van der Waals surface area contributed by atoms with Crippen molar-refractivity contribution >= 4 is 5.84 Å². The molecule has 2 rings (SSSR count). The van der Waals surface area contributed by atoms with Crippen LogP contribution in [0.5, 0.6) is 0 Å². The van der Waals surface area contributed by atoms with Crippen LogP contribution in [0.4, 0.5) is 0 Å². The smallest absolute Gasteiger partial charge is 0.261 e. The van der Waals surface area contributed by atoms with E-state index in [1.54, 1.807) is 10.6 Å². The van der Waals surface area contributed by atoms with Crippen LogP contribution in [0.15, 0.2) is 41.2 Å². The van der Waals surface area contributed by atoms with Gasteiger partial charge in [-0.2, -0.15) is 0 Å². The lowest BCUT2D eigenvalue weighted by molar-refractivity contribution is 0.733. The second-order valence-electron chi connectivity index (χ2n) is 5.37. The number of nitrogens with two attached hydrogens (primary N) is 1. The van der Waals surface area contributed by atoms with Gasteiger partial charge in [0, 0.05) is 6.54 Å². The number of pyridine rings is 1. The Morgan fingerprint density at radius 3 is 2.29 bits per heavy atom. The third-order valence-corrected chi connectivity index (χ3v) is 3.65. The molecule has 0 unspecified atom stereocenters. The fourth-order valence-electron chi connectivity index (χ4n) is 2.39. The average molecular weight is 283 g/mol. The lowest BCUT2D eigenvalue weighted by Gasteiger charge is -2.14. The second kappa shape index (κ2) is 5.95. The Morgan fingerprint density at radius 1 is 1.19 bits per heavy atom. The van der Waals surface area contributed by atoms with E-state index < -0.39 is 0 Å². The van der Waals surface area contributed by atoms with Gasteiger partial charge in [0.1, 0.15) is 5.84 Å². The Hall–Kier alpha value is -2.36. The van der Waals surface area contributed by atoms with E-state index in [0.29, 0.717) is 12.5 Å². The first-order valence-corrected chi connectivity index (χ1v) is 7.14. The number of nitrogen functional groups attached to an aromatic ring is 1. The van der Waals surface area contributed by atoms with Crippen LogP contribution in [0.25, 0.3) is 11.3 Å². The van der Waals surface area contributed by atoms with Crippen molar-refractivity contribution in [1.82, 2.24) is 4.57 Å². The first-order valence-electron chi connectivity index (χ1n) is 7.14. The Balaban J connectivity index is 2.56. The van der Waals surface area contributed by atoms with Crippen LogP contribution < -0.4 is 11.3 Å². The highest BCUT2D eigenvalue weighted by Gasteiger charge is 2.11. The summed E-state index contributed by atoms with van der Waals surface area (Å²) >= 11 is 0. The molecule has 4 nitrogen and oxygen atoms in total. The molecule has 0 bridgehead atoms. The van der Waals surface area contributed by atoms with E-state index in [1.165, 1.54) is 5.56 Å². The van der Waals surface area contributed by atoms with Gasteiger partial charge in [-0.05, 0) is 36.1 Å². The molecule has 4 heteroatoms. The van der Waals surface area contributed by atoms with Crippen LogP contribution in [-0.4, -0.2) is 10.4 Å². The van der Waals surface area contributed by atoms with Crippen molar-refractivity contribution in [3.8, 4) is 11.3 Å². The molecule has 0 radical (unpaired) electrons. The Labute approximate surface area is 124 Å². The molecule has 1 aromatic heterocycles. The predicted molar refractivity (Wildman–Crippen MR) is 86.9 cm³/mol. The molecule has 0 aliphatic heterocycles. The average Bonchev–Trinajstić information content (AvgIpc) is 2.46. The number of aromatic nitrogens is 1. The van der Waals surface area contributed by atoms with E-state index in [4.69, 9.17) is 11.1 Å². The number of benzene rings is 1. The molecular formula is C17H21N3O. The molecule has 110 valence electrons. The molecule has 0 saturated carbocycles. The van der Waals surface area contributed by atoms with E-state index in [1.807, 2.05) is 25.1 Å². The van der Waals surface area contributed by atoms with Crippen molar-refractivity contribution in [3.63, 3.8) is 0 Å². The summed E-state index contributed by atoms with van der Waals surface area (Å²) in [5.41, 5.74) is 8.60. The summed E-state index contributed by atoms with van der Waals surface area (Å²) in [7, 11) is 0. The van der Waals surface area contributed by atoms with Gasteiger partial charge >= 0.3 is 0 Å². The minimum Gasteiger partial charge on any atom is -0.384 e. The zero-order valence-electron chi connectivity index (χ0n) is 12.7. The first kappa shape index (κ1) is 15.0. The highest BCUT2D eigenvalue weighted by molar-refractivity contribution is 5.94. The van der Waals surface area contributed by atoms with Gasteiger partial charge in [0.25, 0.3) is 5.56 Å². The van der Waals surface area contributed by atoms with Crippen LogP contribution in [0.1, 0.15) is 37.8 Å². The molecule has 0 spiro atoms. The van der Waals surface area contributed by atoms with Crippen LogP contribution in [0, 0.1) is 5.41 Å². The minimum atomic E-state index is -0.213. The highest BCUT2D eigenvalue weighted by Crippen LogP contribution is 2.22. The van der Waals surface area contributed by atoms with E-state index in [0.717, 1.165) is 11.3 Å². The maximum absolute atomic E-state index is 12.4. The van der Waals surface area contributed by atoms with E-state index in [9.17, 15) is 4.79 Å². The first-order chi connectivity index (χ1) is 9.95. The van der Waals surface area contributed by atoms with Crippen molar-refractivity contribution < 1.29 is 0 Å². The van der Waals surface area contributed by atoms with E-state index >= 15 is 0 Å². The molecule has 0 aliphatic rings. The third-order valence-electron chi connectivity index (χ3n) is 3.65. The quantitative estimate of drug-likeness (QED) is 0.669. The SMILES string of the molecule is CCn1c(-c2ccc(C(C)C)cc2)ccc(C(=N)N)c1=O. The molecule has 1 heterocycles. The summed E-state index contributed by atoms with van der Waals surface area (Å²) in [6, 6.07) is 11.7. The predicted octanol–water partition coefficient (Wildman–Crippen LogP) is 2.94. The summed E-state index contributed by atoms with van der Waals surface area (Å²) < 4.78 is 1.65. The topological polar surface area (TPSA) is 71.9 Å². The molecule has 0 amide bonds. The Morgan fingerprint density at radius 2 is 1.81 bits per heavy atom. The second-order valence-corrected chi connectivity index (χ2v) is 5.37. The van der Waals surface area contributed by atoms with Crippen LogP contribution in [0.3, 0.4) is 0 Å². The van der Waals surface area contributed by atoms with Crippen LogP contribution >= 0.6 is 0 Å².